The van der Waals surface area contributed by atoms with Crippen molar-refractivity contribution in [1.29, 1.82) is 0 Å². The van der Waals surface area contributed by atoms with Crippen molar-refractivity contribution < 1.29 is 14.3 Å². The Morgan fingerprint density at radius 1 is 1.45 bits per heavy atom. The molecule has 2 aromatic rings. The van der Waals surface area contributed by atoms with E-state index in [1.54, 1.807) is 6.07 Å². The van der Waals surface area contributed by atoms with Gasteiger partial charge in [-0.25, -0.2) is 19.2 Å². The van der Waals surface area contributed by atoms with Gasteiger partial charge in [-0.2, -0.15) is 0 Å². The molecule has 0 saturated heterocycles. The third kappa shape index (κ3) is 2.20. The van der Waals surface area contributed by atoms with Crippen LogP contribution in [0.15, 0.2) is 30.7 Å². The van der Waals surface area contributed by atoms with Crippen LogP contribution in [0.3, 0.4) is 0 Å². The van der Waals surface area contributed by atoms with Gasteiger partial charge in [0.2, 0.25) is 0 Å². The van der Waals surface area contributed by atoms with Crippen LogP contribution >= 0.6 is 0 Å². The lowest BCUT2D eigenvalue weighted by atomic mass is 10.1. The fraction of sp³-hybridized carbons (Fsp3) is 0.214. The van der Waals surface area contributed by atoms with Gasteiger partial charge in [0.1, 0.15) is 17.7 Å². The molecule has 2 heterocycles. The van der Waals surface area contributed by atoms with E-state index in [0.29, 0.717) is 12.2 Å². The fourth-order valence-corrected chi connectivity index (χ4v) is 2.42. The van der Waals surface area contributed by atoms with Crippen LogP contribution in [0.1, 0.15) is 21.6 Å². The fourth-order valence-electron chi connectivity index (χ4n) is 2.42. The Hall–Kier alpha value is -2.50. The molecule has 3 rings (SSSR count). The van der Waals surface area contributed by atoms with Crippen LogP contribution in [-0.2, 0) is 13.0 Å². The molecule has 0 unspecified atom stereocenters. The summed E-state index contributed by atoms with van der Waals surface area (Å²) in [5.41, 5.74) is 2.39. The standard InChI is InChI=1S/C14H12FN3O2/c15-10-2-1-9-3-4-18(13(9)5-10)7-12-11(14(19)20)6-16-8-17-12/h1-2,5-6,8H,3-4,7H2,(H,19,20). The van der Waals surface area contributed by atoms with Crippen molar-refractivity contribution in [3.05, 3.63) is 53.4 Å². The molecule has 0 radical (unpaired) electrons. The van der Waals surface area contributed by atoms with Gasteiger partial charge in [0, 0.05) is 18.4 Å². The first-order chi connectivity index (χ1) is 9.65. The second-order valence-electron chi connectivity index (χ2n) is 4.63. The van der Waals surface area contributed by atoms with Gasteiger partial charge in [0.05, 0.1) is 12.2 Å². The van der Waals surface area contributed by atoms with Crippen LogP contribution in [0.4, 0.5) is 10.1 Å². The topological polar surface area (TPSA) is 66.3 Å². The van der Waals surface area contributed by atoms with Gasteiger partial charge in [-0.1, -0.05) is 6.07 Å². The van der Waals surface area contributed by atoms with E-state index in [4.69, 9.17) is 5.11 Å². The molecule has 1 aromatic carbocycles. The average Bonchev–Trinajstić information content (AvgIpc) is 2.82. The summed E-state index contributed by atoms with van der Waals surface area (Å²) in [4.78, 5) is 20.8. The zero-order valence-electron chi connectivity index (χ0n) is 10.6. The predicted molar refractivity (Wildman–Crippen MR) is 70.1 cm³/mol. The van der Waals surface area contributed by atoms with Gasteiger partial charge in [-0.05, 0) is 24.1 Å². The van der Waals surface area contributed by atoms with Crippen molar-refractivity contribution in [2.24, 2.45) is 0 Å². The molecule has 1 aromatic heterocycles. The Morgan fingerprint density at radius 2 is 2.30 bits per heavy atom. The Morgan fingerprint density at radius 3 is 3.10 bits per heavy atom. The van der Waals surface area contributed by atoms with E-state index in [1.807, 2.05) is 4.90 Å². The zero-order valence-corrected chi connectivity index (χ0v) is 10.6. The first-order valence-corrected chi connectivity index (χ1v) is 6.20. The van der Waals surface area contributed by atoms with Crippen molar-refractivity contribution in [2.45, 2.75) is 13.0 Å². The van der Waals surface area contributed by atoms with Crippen LogP contribution in [0.2, 0.25) is 0 Å². The number of hydrogen-bond acceptors (Lipinski definition) is 4. The maximum Gasteiger partial charge on any atom is 0.339 e. The van der Waals surface area contributed by atoms with E-state index in [-0.39, 0.29) is 11.4 Å². The number of rotatable bonds is 3. The molecule has 0 aliphatic carbocycles. The summed E-state index contributed by atoms with van der Waals surface area (Å²) in [7, 11) is 0. The van der Waals surface area contributed by atoms with Crippen molar-refractivity contribution in [3.63, 3.8) is 0 Å². The van der Waals surface area contributed by atoms with E-state index in [0.717, 1.165) is 24.2 Å². The number of carboxylic acid groups (broad SMARTS) is 1. The molecule has 0 bridgehead atoms. The molecule has 0 fully saturated rings. The number of aromatic carboxylic acids is 1. The highest BCUT2D eigenvalue weighted by Gasteiger charge is 2.22. The first-order valence-electron chi connectivity index (χ1n) is 6.20. The SMILES string of the molecule is O=C(O)c1cncnc1CN1CCc2ccc(F)cc21. The van der Waals surface area contributed by atoms with Gasteiger partial charge in [-0.3, -0.25) is 0 Å². The highest BCUT2D eigenvalue weighted by atomic mass is 19.1. The number of fused-ring (bicyclic) bond motifs is 1. The van der Waals surface area contributed by atoms with Crippen molar-refractivity contribution >= 4 is 11.7 Å². The smallest absolute Gasteiger partial charge is 0.339 e. The maximum absolute atomic E-state index is 13.3. The number of benzene rings is 1. The number of hydrogen-bond donors (Lipinski definition) is 1. The highest BCUT2D eigenvalue weighted by molar-refractivity contribution is 5.88. The molecule has 1 aliphatic heterocycles. The largest absolute Gasteiger partial charge is 0.478 e. The quantitative estimate of drug-likeness (QED) is 0.924. The summed E-state index contributed by atoms with van der Waals surface area (Å²) < 4.78 is 13.3. The van der Waals surface area contributed by atoms with E-state index < -0.39 is 5.97 Å². The number of aromatic nitrogens is 2. The van der Waals surface area contributed by atoms with E-state index in [2.05, 4.69) is 9.97 Å². The van der Waals surface area contributed by atoms with Crippen LogP contribution in [0.25, 0.3) is 0 Å². The minimum absolute atomic E-state index is 0.0809. The Kier molecular flexibility index (Phi) is 3.06. The molecule has 1 N–H and O–H groups in total. The molecule has 0 saturated carbocycles. The Labute approximate surface area is 114 Å². The third-order valence-electron chi connectivity index (χ3n) is 3.40. The lowest BCUT2D eigenvalue weighted by Gasteiger charge is -2.19. The number of anilines is 1. The second kappa shape index (κ2) is 4.88. The number of carboxylic acids is 1. The summed E-state index contributed by atoms with van der Waals surface area (Å²) in [5.74, 6) is -1.35. The third-order valence-corrected chi connectivity index (χ3v) is 3.40. The Balaban J connectivity index is 1.91. The average molecular weight is 273 g/mol. The van der Waals surface area contributed by atoms with Crippen molar-refractivity contribution in [3.8, 4) is 0 Å². The lowest BCUT2D eigenvalue weighted by Crippen LogP contribution is -2.22. The number of halogens is 1. The normalized spacial score (nSPS) is 13.3. The summed E-state index contributed by atoms with van der Waals surface area (Å²) in [5, 5.41) is 9.12. The van der Waals surface area contributed by atoms with Gasteiger partial charge in [0.25, 0.3) is 0 Å². The maximum atomic E-state index is 13.3. The van der Waals surface area contributed by atoms with Gasteiger partial charge in [0.15, 0.2) is 0 Å². The Bertz CT molecular complexity index is 675. The monoisotopic (exact) mass is 273 g/mol. The summed E-state index contributed by atoms with van der Waals surface area (Å²) in [6.45, 7) is 1.06. The number of carbonyl (C=O) groups is 1. The molecule has 0 spiro atoms. The summed E-state index contributed by atoms with van der Waals surface area (Å²) in [6.07, 6.45) is 3.43. The van der Waals surface area contributed by atoms with Gasteiger partial charge >= 0.3 is 5.97 Å². The van der Waals surface area contributed by atoms with Crippen LogP contribution < -0.4 is 4.90 Å². The molecule has 5 nitrogen and oxygen atoms in total. The predicted octanol–water partition coefficient (Wildman–Crippen LogP) is 1.88. The van der Waals surface area contributed by atoms with Gasteiger partial charge < -0.3 is 10.0 Å². The van der Waals surface area contributed by atoms with E-state index >= 15 is 0 Å². The highest BCUT2D eigenvalue weighted by Crippen LogP contribution is 2.30. The summed E-state index contributed by atoms with van der Waals surface area (Å²) in [6, 6.07) is 4.68. The molecule has 1 aliphatic rings. The van der Waals surface area contributed by atoms with Gasteiger partial charge in [-0.15, -0.1) is 0 Å². The minimum atomic E-state index is -1.06. The van der Waals surface area contributed by atoms with Crippen LogP contribution in [0, 0.1) is 5.82 Å². The zero-order chi connectivity index (χ0) is 14.1. The van der Waals surface area contributed by atoms with Crippen molar-refractivity contribution in [1.82, 2.24) is 9.97 Å². The second-order valence-corrected chi connectivity index (χ2v) is 4.63. The molecular weight excluding hydrogens is 261 g/mol. The number of nitrogens with zero attached hydrogens (tertiary/aromatic N) is 3. The molecule has 0 atom stereocenters. The molecular formula is C14H12FN3O2. The van der Waals surface area contributed by atoms with Crippen LogP contribution in [-0.4, -0.2) is 27.6 Å². The van der Waals surface area contributed by atoms with E-state index in [1.165, 1.54) is 24.7 Å². The van der Waals surface area contributed by atoms with Crippen molar-refractivity contribution in [2.75, 3.05) is 11.4 Å². The molecule has 6 heteroatoms. The van der Waals surface area contributed by atoms with E-state index in [9.17, 15) is 9.18 Å². The molecule has 102 valence electrons. The molecule has 0 amide bonds. The van der Waals surface area contributed by atoms with Crippen LogP contribution in [0.5, 0.6) is 0 Å². The first kappa shape index (κ1) is 12.5. The molecule has 20 heavy (non-hydrogen) atoms. The minimum Gasteiger partial charge on any atom is -0.478 e. The lowest BCUT2D eigenvalue weighted by molar-refractivity contribution is 0.0694. The summed E-state index contributed by atoms with van der Waals surface area (Å²) >= 11 is 0.